The summed E-state index contributed by atoms with van der Waals surface area (Å²) in [6.07, 6.45) is 1.04. The highest BCUT2D eigenvalue weighted by Crippen LogP contribution is 2.18. The minimum Gasteiger partial charge on any atom is -0.353 e. The number of carbonyl (C=O) groups excluding carboxylic acids is 2. The second kappa shape index (κ2) is 8.82. The number of rotatable bonds is 8. The number of anilines is 1. The molecule has 0 spiro atoms. The molecule has 1 N–H and O–H groups in total. The minimum absolute atomic E-state index is 0.182. The first-order valence-electron chi connectivity index (χ1n) is 7.73. The van der Waals surface area contributed by atoms with Crippen molar-refractivity contribution in [1.29, 1.82) is 0 Å². The van der Waals surface area contributed by atoms with Crippen LogP contribution in [-0.4, -0.2) is 84.1 Å². The lowest BCUT2D eigenvalue weighted by Crippen LogP contribution is -2.42. The Labute approximate surface area is 149 Å². The van der Waals surface area contributed by atoms with E-state index in [1.54, 1.807) is 26.2 Å². The number of likely N-dealkylation sites (N-methyl/N-ethyl adjacent to an activating group) is 1. The van der Waals surface area contributed by atoms with Crippen LogP contribution in [0, 0.1) is 0 Å². The highest BCUT2D eigenvalue weighted by Gasteiger charge is 2.21. The van der Waals surface area contributed by atoms with E-state index < -0.39 is 10.0 Å². The summed E-state index contributed by atoms with van der Waals surface area (Å²) in [4.78, 5) is 27.3. The van der Waals surface area contributed by atoms with Crippen LogP contribution < -0.4 is 9.62 Å². The molecule has 0 radical (unpaired) electrons. The molecule has 8 nitrogen and oxygen atoms in total. The van der Waals surface area contributed by atoms with Gasteiger partial charge < -0.3 is 15.1 Å². The lowest BCUT2D eigenvalue weighted by atomic mass is 10.2. The first-order valence-corrected chi connectivity index (χ1v) is 9.58. The molecule has 0 bridgehead atoms. The number of amides is 2. The van der Waals surface area contributed by atoms with Crippen molar-refractivity contribution in [3.8, 4) is 0 Å². The van der Waals surface area contributed by atoms with Crippen molar-refractivity contribution >= 4 is 27.5 Å². The SMILES string of the molecule is CN(C)CCNC(=O)CN(c1ccc(C(=O)N(C)C)cc1)S(C)(=O)=O. The molecule has 0 aromatic heterocycles. The van der Waals surface area contributed by atoms with E-state index in [2.05, 4.69) is 5.32 Å². The maximum atomic E-state index is 12.0. The van der Waals surface area contributed by atoms with E-state index >= 15 is 0 Å². The fourth-order valence-corrected chi connectivity index (χ4v) is 2.89. The molecule has 0 saturated heterocycles. The maximum Gasteiger partial charge on any atom is 0.253 e. The number of carbonyl (C=O) groups is 2. The zero-order valence-corrected chi connectivity index (χ0v) is 16.1. The van der Waals surface area contributed by atoms with Gasteiger partial charge in [0.1, 0.15) is 6.54 Å². The average Bonchev–Trinajstić information content (AvgIpc) is 2.50. The van der Waals surface area contributed by atoms with Crippen molar-refractivity contribution in [2.24, 2.45) is 0 Å². The number of benzene rings is 1. The predicted molar refractivity (Wildman–Crippen MR) is 98.2 cm³/mol. The Morgan fingerprint density at radius 3 is 2.04 bits per heavy atom. The molecule has 1 rings (SSSR count). The second-order valence-electron chi connectivity index (χ2n) is 6.17. The van der Waals surface area contributed by atoms with Crippen LogP contribution in [0.25, 0.3) is 0 Å². The number of hydrogen-bond donors (Lipinski definition) is 1. The maximum absolute atomic E-state index is 12.0. The van der Waals surface area contributed by atoms with Gasteiger partial charge in [-0.2, -0.15) is 0 Å². The van der Waals surface area contributed by atoms with E-state index in [-0.39, 0.29) is 18.4 Å². The standard InChI is InChI=1S/C16H26N4O4S/c1-18(2)11-10-17-15(21)12-20(25(5,23)24)14-8-6-13(7-9-14)16(22)19(3)4/h6-9H,10-12H2,1-5H3,(H,17,21). The molecule has 1 aromatic carbocycles. The summed E-state index contributed by atoms with van der Waals surface area (Å²) in [6.45, 7) is 0.777. The molecule has 0 aliphatic rings. The molecule has 9 heteroatoms. The molecule has 0 atom stereocenters. The van der Waals surface area contributed by atoms with E-state index in [1.807, 2.05) is 19.0 Å². The van der Waals surface area contributed by atoms with Crippen LogP contribution in [0.2, 0.25) is 0 Å². The largest absolute Gasteiger partial charge is 0.353 e. The normalized spacial score (nSPS) is 11.3. The zero-order chi connectivity index (χ0) is 19.2. The molecule has 0 heterocycles. The highest BCUT2D eigenvalue weighted by molar-refractivity contribution is 7.92. The Morgan fingerprint density at radius 2 is 1.60 bits per heavy atom. The van der Waals surface area contributed by atoms with Gasteiger partial charge in [-0.1, -0.05) is 0 Å². The molecular weight excluding hydrogens is 344 g/mol. The molecule has 0 aliphatic heterocycles. The summed E-state index contributed by atoms with van der Waals surface area (Å²) in [5.74, 6) is -0.570. The molecule has 25 heavy (non-hydrogen) atoms. The Morgan fingerprint density at radius 1 is 1.04 bits per heavy atom. The molecule has 140 valence electrons. The average molecular weight is 370 g/mol. The summed E-state index contributed by atoms with van der Waals surface area (Å²) >= 11 is 0. The topological polar surface area (TPSA) is 90.0 Å². The second-order valence-corrected chi connectivity index (χ2v) is 8.08. The van der Waals surface area contributed by atoms with Gasteiger partial charge in [-0.3, -0.25) is 13.9 Å². The fourth-order valence-electron chi connectivity index (χ4n) is 2.03. The summed E-state index contributed by atoms with van der Waals surface area (Å²) in [7, 11) is 3.40. The zero-order valence-electron chi connectivity index (χ0n) is 15.3. The van der Waals surface area contributed by atoms with Gasteiger partial charge in [0, 0.05) is 32.7 Å². The fraction of sp³-hybridized carbons (Fsp3) is 0.500. The summed E-state index contributed by atoms with van der Waals surface area (Å²) in [5, 5.41) is 2.68. The number of hydrogen-bond acceptors (Lipinski definition) is 5. The summed E-state index contributed by atoms with van der Waals surface area (Å²) in [5.41, 5.74) is 0.776. The Balaban J connectivity index is 2.90. The van der Waals surface area contributed by atoms with Gasteiger partial charge in [-0.05, 0) is 38.4 Å². The molecule has 0 saturated carbocycles. The number of sulfonamides is 1. The monoisotopic (exact) mass is 370 g/mol. The smallest absolute Gasteiger partial charge is 0.253 e. The van der Waals surface area contributed by atoms with Gasteiger partial charge in [0.2, 0.25) is 15.9 Å². The summed E-state index contributed by atoms with van der Waals surface area (Å²) < 4.78 is 25.1. The molecule has 1 aromatic rings. The van der Waals surface area contributed by atoms with Crippen LogP contribution in [0.15, 0.2) is 24.3 Å². The Hall–Kier alpha value is -2.13. The molecule has 0 fully saturated rings. The van der Waals surface area contributed by atoms with E-state index in [0.717, 1.165) is 10.6 Å². The van der Waals surface area contributed by atoms with Crippen molar-refractivity contribution in [1.82, 2.24) is 15.1 Å². The van der Waals surface area contributed by atoms with E-state index in [9.17, 15) is 18.0 Å². The molecule has 0 unspecified atom stereocenters. The van der Waals surface area contributed by atoms with E-state index in [0.29, 0.717) is 24.3 Å². The number of nitrogens with zero attached hydrogens (tertiary/aromatic N) is 3. The third kappa shape index (κ3) is 6.71. The summed E-state index contributed by atoms with van der Waals surface area (Å²) in [6, 6.07) is 6.12. The van der Waals surface area contributed by atoms with Crippen molar-refractivity contribution in [2.75, 3.05) is 58.4 Å². The first kappa shape index (κ1) is 20.9. The van der Waals surface area contributed by atoms with Crippen LogP contribution in [0.3, 0.4) is 0 Å². The van der Waals surface area contributed by atoms with E-state index in [4.69, 9.17) is 0 Å². The van der Waals surface area contributed by atoms with Crippen molar-refractivity contribution in [3.05, 3.63) is 29.8 Å². The number of nitrogens with one attached hydrogen (secondary N) is 1. The van der Waals surface area contributed by atoms with Gasteiger partial charge >= 0.3 is 0 Å². The first-order chi connectivity index (χ1) is 11.5. The third-order valence-corrected chi connectivity index (χ3v) is 4.52. The van der Waals surface area contributed by atoms with Crippen LogP contribution in [0.5, 0.6) is 0 Å². The van der Waals surface area contributed by atoms with Gasteiger partial charge in [0.25, 0.3) is 5.91 Å². The van der Waals surface area contributed by atoms with Gasteiger partial charge in [-0.25, -0.2) is 8.42 Å². The van der Waals surface area contributed by atoms with Gasteiger partial charge in [-0.15, -0.1) is 0 Å². The van der Waals surface area contributed by atoms with Gasteiger partial charge in [0.05, 0.1) is 11.9 Å². The van der Waals surface area contributed by atoms with Crippen molar-refractivity contribution in [3.63, 3.8) is 0 Å². The lowest BCUT2D eigenvalue weighted by molar-refractivity contribution is -0.119. The lowest BCUT2D eigenvalue weighted by Gasteiger charge is -2.22. The van der Waals surface area contributed by atoms with Gasteiger partial charge in [0.15, 0.2) is 0 Å². The van der Waals surface area contributed by atoms with Crippen LogP contribution in [-0.2, 0) is 14.8 Å². The highest BCUT2D eigenvalue weighted by atomic mass is 32.2. The minimum atomic E-state index is -3.64. The predicted octanol–water partition coefficient (Wildman–Crippen LogP) is -0.168. The molecular formula is C16H26N4O4S. The molecule has 0 aliphatic carbocycles. The Bertz CT molecular complexity index is 699. The van der Waals surface area contributed by atoms with E-state index in [1.165, 1.54) is 17.0 Å². The Kier molecular flexibility index (Phi) is 7.38. The molecule has 2 amide bonds. The van der Waals surface area contributed by atoms with Crippen molar-refractivity contribution < 1.29 is 18.0 Å². The van der Waals surface area contributed by atoms with Crippen molar-refractivity contribution in [2.45, 2.75) is 0 Å². The third-order valence-electron chi connectivity index (χ3n) is 3.38. The van der Waals surface area contributed by atoms with Crippen LogP contribution in [0.1, 0.15) is 10.4 Å². The van der Waals surface area contributed by atoms with Crippen LogP contribution in [0.4, 0.5) is 5.69 Å². The van der Waals surface area contributed by atoms with Crippen LogP contribution >= 0.6 is 0 Å². The quantitative estimate of drug-likeness (QED) is 0.686.